The highest BCUT2D eigenvalue weighted by atomic mass is 32.2. The lowest BCUT2D eigenvalue weighted by molar-refractivity contribution is -0.118. The third-order valence-electron chi connectivity index (χ3n) is 5.16. The van der Waals surface area contributed by atoms with Crippen molar-refractivity contribution in [1.82, 2.24) is 19.8 Å². The maximum absolute atomic E-state index is 12.2. The fourth-order valence-electron chi connectivity index (χ4n) is 3.41. The van der Waals surface area contributed by atoms with E-state index in [0.717, 1.165) is 36.3 Å². The Balaban J connectivity index is 1.39. The van der Waals surface area contributed by atoms with E-state index in [2.05, 4.69) is 41.2 Å². The Bertz CT molecular complexity index is 737. The van der Waals surface area contributed by atoms with E-state index in [0.29, 0.717) is 5.75 Å². The van der Waals surface area contributed by atoms with Gasteiger partial charge >= 0.3 is 0 Å². The van der Waals surface area contributed by atoms with Crippen molar-refractivity contribution in [2.75, 3.05) is 31.9 Å². The van der Waals surface area contributed by atoms with Gasteiger partial charge in [-0.3, -0.25) is 9.36 Å². The van der Waals surface area contributed by atoms with Crippen molar-refractivity contribution in [2.24, 2.45) is 5.92 Å². The van der Waals surface area contributed by atoms with Crippen molar-refractivity contribution in [3.63, 3.8) is 0 Å². The van der Waals surface area contributed by atoms with Crippen LogP contribution in [0.3, 0.4) is 0 Å². The number of benzene rings is 1. The Morgan fingerprint density at radius 1 is 1.30 bits per heavy atom. The zero-order chi connectivity index (χ0) is 19.1. The maximum Gasteiger partial charge on any atom is 0.230 e. The molecule has 0 atom stereocenters. The number of thioether (sulfide) groups is 1. The van der Waals surface area contributed by atoms with Crippen molar-refractivity contribution in [1.29, 1.82) is 0 Å². The molecular formula is C21H30N4OS. The second-order valence-electron chi connectivity index (χ2n) is 7.38. The van der Waals surface area contributed by atoms with E-state index in [9.17, 15) is 4.79 Å². The van der Waals surface area contributed by atoms with Crippen LogP contribution in [-0.2, 0) is 4.79 Å². The predicted molar refractivity (Wildman–Crippen MR) is 111 cm³/mol. The standard InChI is InChI=1S/C21H30N4OS/c1-17-8-13-24(14-9-17)12-5-10-22-20(26)16-27-21-23-11-15-25(21)19-7-4-3-6-18(19)2/h3-4,6-7,11,15,17H,5,8-10,12-14,16H2,1-2H3,(H,22,26). The van der Waals surface area contributed by atoms with Gasteiger partial charge in [-0.05, 0) is 63.4 Å². The number of imidazole rings is 1. The Kier molecular flexibility index (Phi) is 7.35. The number of carbonyl (C=O) groups excluding carboxylic acids is 1. The molecule has 0 saturated carbocycles. The molecule has 0 radical (unpaired) electrons. The quantitative estimate of drug-likeness (QED) is 0.557. The highest BCUT2D eigenvalue weighted by Gasteiger charge is 2.15. The third-order valence-corrected chi connectivity index (χ3v) is 6.13. The van der Waals surface area contributed by atoms with Crippen molar-refractivity contribution in [3.8, 4) is 5.69 Å². The first-order chi connectivity index (χ1) is 13.1. The lowest BCUT2D eigenvalue weighted by Crippen LogP contribution is -2.35. The molecule has 0 unspecified atom stereocenters. The van der Waals surface area contributed by atoms with Gasteiger partial charge in [-0.25, -0.2) is 4.98 Å². The van der Waals surface area contributed by atoms with E-state index in [1.54, 1.807) is 6.20 Å². The van der Waals surface area contributed by atoms with Crippen LogP contribution < -0.4 is 5.32 Å². The minimum absolute atomic E-state index is 0.0756. The number of amides is 1. The number of nitrogens with zero attached hydrogens (tertiary/aromatic N) is 3. The first-order valence-electron chi connectivity index (χ1n) is 9.84. The second-order valence-corrected chi connectivity index (χ2v) is 8.33. The number of hydrogen-bond donors (Lipinski definition) is 1. The van der Waals surface area contributed by atoms with E-state index in [-0.39, 0.29) is 5.91 Å². The van der Waals surface area contributed by atoms with Gasteiger partial charge in [-0.15, -0.1) is 0 Å². The van der Waals surface area contributed by atoms with Gasteiger partial charge in [0.25, 0.3) is 0 Å². The number of aryl methyl sites for hydroxylation is 1. The first-order valence-corrected chi connectivity index (χ1v) is 10.8. The number of piperidine rings is 1. The van der Waals surface area contributed by atoms with E-state index in [1.165, 1.54) is 43.3 Å². The number of likely N-dealkylation sites (tertiary alicyclic amines) is 1. The Morgan fingerprint density at radius 3 is 2.85 bits per heavy atom. The van der Waals surface area contributed by atoms with Crippen molar-refractivity contribution in [3.05, 3.63) is 42.2 Å². The average molecular weight is 387 g/mol. The largest absolute Gasteiger partial charge is 0.355 e. The number of aromatic nitrogens is 2. The van der Waals surface area contributed by atoms with Crippen LogP contribution in [0.25, 0.3) is 5.69 Å². The normalized spacial score (nSPS) is 15.8. The molecule has 27 heavy (non-hydrogen) atoms. The molecule has 1 aliphatic heterocycles. The molecule has 0 bridgehead atoms. The van der Waals surface area contributed by atoms with Gasteiger partial charge in [0.1, 0.15) is 0 Å². The van der Waals surface area contributed by atoms with Gasteiger partial charge in [0.05, 0.1) is 11.4 Å². The topological polar surface area (TPSA) is 50.2 Å². The van der Waals surface area contributed by atoms with Crippen LogP contribution in [0.5, 0.6) is 0 Å². The monoisotopic (exact) mass is 386 g/mol. The molecule has 1 fully saturated rings. The van der Waals surface area contributed by atoms with Gasteiger partial charge < -0.3 is 10.2 Å². The minimum atomic E-state index is 0.0756. The summed E-state index contributed by atoms with van der Waals surface area (Å²) in [5, 5.41) is 3.89. The summed E-state index contributed by atoms with van der Waals surface area (Å²) in [7, 11) is 0. The molecule has 146 valence electrons. The Morgan fingerprint density at radius 2 is 2.07 bits per heavy atom. The molecule has 1 aliphatic rings. The Labute approximate surface area is 166 Å². The Hall–Kier alpha value is -1.79. The second kappa shape index (κ2) is 9.95. The number of nitrogens with one attached hydrogen (secondary N) is 1. The molecule has 5 nitrogen and oxygen atoms in total. The van der Waals surface area contributed by atoms with Gasteiger partial charge in [-0.1, -0.05) is 36.9 Å². The lowest BCUT2D eigenvalue weighted by Gasteiger charge is -2.30. The van der Waals surface area contributed by atoms with Gasteiger partial charge in [0, 0.05) is 18.9 Å². The smallest absolute Gasteiger partial charge is 0.230 e. The summed E-state index contributed by atoms with van der Waals surface area (Å²) in [4.78, 5) is 19.1. The molecule has 1 amide bonds. The molecule has 0 spiro atoms. The summed E-state index contributed by atoms with van der Waals surface area (Å²) in [6.45, 7) is 8.65. The highest BCUT2D eigenvalue weighted by Crippen LogP contribution is 2.22. The molecular weight excluding hydrogens is 356 g/mol. The molecule has 3 rings (SSSR count). The molecule has 6 heteroatoms. The van der Waals surface area contributed by atoms with Gasteiger partial charge in [-0.2, -0.15) is 0 Å². The predicted octanol–water partition coefficient (Wildman–Crippen LogP) is 3.51. The zero-order valence-electron chi connectivity index (χ0n) is 16.4. The average Bonchev–Trinajstić information content (AvgIpc) is 3.14. The highest BCUT2D eigenvalue weighted by molar-refractivity contribution is 7.99. The molecule has 1 aromatic carbocycles. The van der Waals surface area contributed by atoms with Gasteiger partial charge in [0.15, 0.2) is 5.16 Å². The summed E-state index contributed by atoms with van der Waals surface area (Å²) in [6.07, 6.45) is 7.35. The summed E-state index contributed by atoms with van der Waals surface area (Å²) in [5.41, 5.74) is 2.29. The van der Waals surface area contributed by atoms with Crippen LogP contribution in [0.1, 0.15) is 31.7 Å². The minimum Gasteiger partial charge on any atom is -0.355 e. The number of rotatable bonds is 8. The van der Waals surface area contributed by atoms with Crippen molar-refractivity contribution in [2.45, 2.75) is 38.3 Å². The van der Waals surface area contributed by atoms with E-state index < -0.39 is 0 Å². The van der Waals surface area contributed by atoms with Crippen LogP contribution in [0.4, 0.5) is 0 Å². The summed E-state index contributed by atoms with van der Waals surface area (Å²) < 4.78 is 2.05. The van der Waals surface area contributed by atoms with Gasteiger partial charge in [0.2, 0.25) is 5.91 Å². The third kappa shape index (κ3) is 5.84. The lowest BCUT2D eigenvalue weighted by atomic mass is 9.99. The molecule has 2 aromatic rings. The zero-order valence-corrected chi connectivity index (χ0v) is 17.2. The van der Waals surface area contributed by atoms with Crippen molar-refractivity contribution < 1.29 is 4.79 Å². The van der Waals surface area contributed by atoms with Crippen LogP contribution in [0.15, 0.2) is 41.8 Å². The van der Waals surface area contributed by atoms with Crippen LogP contribution in [0.2, 0.25) is 0 Å². The molecule has 1 N–H and O–H groups in total. The summed E-state index contributed by atoms with van der Waals surface area (Å²) in [5.74, 6) is 1.33. The van der Waals surface area contributed by atoms with E-state index in [4.69, 9.17) is 0 Å². The van der Waals surface area contributed by atoms with E-state index in [1.807, 2.05) is 22.9 Å². The van der Waals surface area contributed by atoms with Crippen molar-refractivity contribution >= 4 is 17.7 Å². The number of para-hydroxylation sites is 1. The fourth-order valence-corrected chi connectivity index (χ4v) is 4.21. The maximum atomic E-state index is 12.2. The molecule has 2 heterocycles. The molecule has 0 aliphatic carbocycles. The number of carbonyl (C=O) groups is 1. The number of hydrogen-bond acceptors (Lipinski definition) is 4. The summed E-state index contributed by atoms with van der Waals surface area (Å²) in [6, 6.07) is 8.20. The van der Waals surface area contributed by atoms with Crippen LogP contribution >= 0.6 is 11.8 Å². The van der Waals surface area contributed by atoms with Crippen LogP contribution in [-0.4, -0.2) is 52.3 Å². The van der Waals surface area contributed by atoms with E-state index >= 15 is 0 Å². The molecule has 1 aromatic heterocycles. The SMILES string of the molecule is Cc1ccccc1-n1ccnc1SCC(=O)NCCCN1CCC(C)CC1. The van der Waals surface area contributed by atoms with Crippen LogP contribution in [0, 0.1) is 12.8 Å². The summed E-state index contributed by atoms with van der Waals surface area (Å²) >= 11 is 1.48. The first kappa shape index (κ1) is 20.0. The fraction of sp³-hybridized carbons (Fsp3) is 0.524. The molecule has 1 saturated heterocycles.